The molecule has 92 valence electrons. The highest BCUT2D eigenvalue weighted by Gasteiger charge is 2.21. The van der Waals surface area contributed by atoms with Crippen LogP contribution in [-0.4, -0.2) is 12.2 Å². The zero-order valence-corrected chi connectivity index (χ0v) is 10.4. The van der Waals surface area contributed by atoms with E-state index in [9.17, 15) is 5.11 Å². The van der Waals surface area contributed by atoms with Gasteiger partial charge < -0.3 is 9.84 Å². The average Bonchev–Trinajstić information content (AvgIpc) is 2.57. The molecule has 2 aromatic rings. The van der Waals surface area contributed by atoms with Gasteiger partial charge in [0.15, 0.2) is 0 Å². The van der Waals surface area contributed by atoms with Crippen LogP contribution in [-0.2, 0) is 12.8 Å². The zero-order valence-electron chi connectivity index (χ0n) is 10.4. The maximum Gasteiger partial charge on any atom is 0.119 e. The van der Waals surface area contributed by atoms with E-state index in [-0.39, 0.29) is 0 Å². The molecule has 0 fully saturated rings. The third-order valence-corrected chi connectivity index (χ3v) is 3.66. The van der Waals surface area contributed by atoms with Crippen molar-refractivity contribution in [1.82, 2.24) is 0 Å². The number of aliphatic hydroxyl groups excluding tert-OH is 1. The van der Waals surface area contributed by atoms with Crippen molar-refractivity contribution in [2.75, 3.05) is 7.11 Å². The van der Waals surface area contributed by atoms with E-state index in [4.69, 9.17) is 4.74 Å². The number of aliphatic hydroxyl groups is 1. The van der Waals surface area contributed by atoms with Crippen LogP contribution in [0.15, 0.2) is 42.5 Å². The Morgan fingerprint density at radius 3 is 2.50 bits per heavy atom. The molecule has 1 aliphatic carbocycles. The fraction of sp³-hybridized carbons (Fsp3) is 0.250. The van der Waals surface area contributed by atoms with Gasteiger partial charge in [0.25, 0.3) is 0 Å². The van der Waals surface area contributed by atoms with E-state index in [1.807, 2.05) is 30.3 Å². The maximum absolute atomic E-state index is 10.6. The molecule has 2 nitrogen and oxygen atoms in total. The fourth-order valence-electron chi connectivity index (χ4n) is 2.65. The number of fused-ring (bicyclic) bond motifs is 2. The minimum absolute atomic E-state index is 0.547. The number of rotatable bonds is 1. The molecule has 2 aromatic carbocycles. The second-order valence-corrected chi connectivity index (χ2v) is 4.67. The van der Waals surface area contributed by atoms with Crippen LogP contribution in [0.1, 0.15) is 28.4 Å². The van der Waals surface area contributed by atoms with Crippen molar-refractivity contribution in [3.05, 3.63) is 64.7 Å². The minimum atomic E-state index is -0.547. The van der Waals surface area contributed by atoms with Crippen molar-refractivity contribution >= 4 is 0 Å². The third kappa shape index (κ3) is 1.79. The monoisotopic (exact) mass is 240 g/mol. The molecule has 1 atom stereocenters. The Morgan fingerprint density at radius 1 is 1.00 bits per heavy atom. The topological polar surface area (TPSA) is 29.5 Å². The Kier molecular flexibility index (Phi) is 2.80. The molecule has 2 heteroatoms. The summed E-state index contributed by atoms with van der Waals surface area (Å²) < 4.78 is 5.25. The highest BCUT2D eigenvalue weighted by Crippen LogP contribution is 2.34. The molecule has 0 saturated carbocycles. The Labute approximate surface area is 107 Å². The van der Waals surface area contributed by atoms with E-state index in [2.05, 4.69) is 12.1 Å². The molecule has 0 aliphatic heterocycles. The van der Waals surface area contributed by atoms with Gasteiger partial charge in [-0.25, -0.2) is 0 Å². The summed E-state index contributed by atoms with van der Waals surface area (Å²) in [5.74, 6) is 0.798. The summed E-state index contributed by atoms with van der Waals surface area (Å²) in [6, 6.07) is 14.1. The molecule has 1 unspecified atom stereocenters. The number of benzene rings is 2. The van der Waals surface area contributed by atoms with E-state index < -0.39 is 6.10 Å². The van der Waals surface area contributed by atoms with Gasteiger partial charge in [0.05, 0.1) is 7.11 Å². The normalized spacial score (nSPS) is 17.6. The van der Waals surface area contributed by atoms with Crippen LogP contribution >= 0.6 is 0 Å². The van der Waals surface area contributed by atoms with E-state index >= 15 is 0 Å². The molecule has 0 amide bonds. The summed E-state index contributed by atoms with van der Waals surface area (Å²) in [7, 11) is 1.65. The molecule has 0 radical (unpaired) electrons. The summed E-state index contributed by atoms with van der Waals surface area (Å²) in [6.07, 6.45) is 1.40. The lowest BCUT2D eigenvalue weighted by atomic mass is 9.97. The maximum atomic E-state index is 10.6. The van der Waals surface area contributed by atoms with Gasteiger partial charge in [-0.05, 0) is 47.2 Å². The molecule has 1 N–H and O–H groups in total. The summed E-state index contributed by atoms with van der Waals surface area (Å²) in [6.45, 7) is 0. The Morgan fingerprint density at radius 2 is 1.72 bits per heavy atom. The highest BCUT2D eigenvalue weighted by molar-refractivity contribution is 5.45. The number of hydrogen-bond donors (Lipinski definition) is 1. The Bertz CT molecular complexity index is 575. The van der Waals surface area contributed by atoms with Gasteiger partial charge in [0.2, 0.25) is 0 Å². The van der Waals surface area contributed by atoms with Crippen LogP contribution in [0.5, 0.6) is 5.75 Å². The van der Waals surface area contributed by atoms with Crippen LogP contribution in [0.25, 0.3) is 0 Å². The summed E-state index contributed by atoms with van der Waals surface area (Å²) in [5.41, 5.74) is 4.43. The first kappa shape index (κ1) is 11.3. The van der Waals surface area contributed by atoms with Gasteiger partial charge in [-0.1, -0.05) is 30.3 Å². The van der Waals surface area contributed by atoms with E-state index in [0.717, 1.165) is 29.7 Å². The van der Waals surface area contributed by atoms with E-state index in [1.54, 1.807) is 7.11 Å². The number of hydrogen-bond acceptors (Lipinski definition) is 2. The number of ether oxygens (including phenoxy) is 1. The van der Waals surface area contributed by atoms with Crippen molar-refractivity contribution in [3.8, 4) is 5.75 Å². The van der Waals surface area contributed by atoms with Gasteiger partial charge in [-0.3, -0.25) is 0 Å². The van der Waals surface area contributed by atoms with Crippen LogP contribution in [0.2, 0.25) is 0 Å². The molecule has 1 aliphatic rings. The smallest absolute Gasteiger partial charge is 0.119 e. The van der Waals surface area contributed by atoms with Crippen LogP contribution in [0.4, 0.5) is 0 Å². The van der Waals surface area contributed by atoms with Crippen molar-refractivity contribution in [3.63, 3.8) is 0 Å². The molecule has 0 heterocycles. The summed E-state index contributed by atoms with van der Waals surface area (Å²) in [5, 5.41) is 10.6. The second kappa shape index (κ2) is 4.46. The average molecular weight is 240 g/mol. The third-order valence-electron chi connectivity index (χ3n) is 3.66. The molecule has 18 heavy (non-hydrogen) atoms. The number of methoxy groups -OCH3 is 1. The first-order valence-electron chi connectivity index (χ1n) is 6.22. The Balaban J connectivity index is 2.14. The Hall–Kier alpha value is -1.80. The van der Waals surface area contributed by atoms with Crippen LogP contribution in [0.3, 0.4) is 0 Å². The second-order valence-electron chi connectivity index (χ2n) is 4.67. The summed E-state index contributed by atoms with van der Waals surface area (Å²) >= 11 is 0. The van der Waals surface area contributed by atoms with Crippen LogP contribution < -0.4 is 4.74 Å². The van der Waals surface area contributed by atoms with Gasteiger partial charge in [0.1, 0.15) is 11.9 Å². The molecule has 0 aromatic heterocycles. The van der Waals surface area contributed by atoms with Crippen LogP contribution in [0, 0.1) is 0 Å². The number of aryl methyl sites for hydroxylation is 2. The lowest BCUT2D eigenvalue weighted by Gasteiger charge is -2.15. The first-order valence-corrected chi connectivity index (χ1v) is 6.22. The highest BCUT2D eigenvalue weighted by atomic mass is 16.5. The largest absolute Gasteiger partial charge is 0.497 e. The summed E-state index contributed by atoms with van der Waals surface area (Å²) in [4.78, 5) is 0. The van der Waals surface area contributed by atoms with Gasteiger partial charge in [-0.2, -0.15) is 0 Å². The predicted molar refractivity (Wildman–Crippen MR) is 70.9 cm³/mol. The SMILES string of the molecule is COc1ccc2c(c1)C(O)c1ccccc1CC2. The van der Waals surface area contributed by atoms with E-state index in [1.165, 1.54) is 11.1 Å². The zero-order chi connectivity index (χ0) is 12.5. The molecule has 0 bridgehead atoms. The predicted octanol–water partition coefficient (Wildman–Crippen LogP) is 2.88. The van der Waals surface area contributed by atoms with Crippen molar-refractivity contribution in [1.29, 1.82) is 0 Å². The molecule has 3 rings (SSSR count). The minimum Gasteiger partial charge on any atom is -0.497 e. The molecular formula is C16H16O2. The lowest BCUT2D eigenvalue weighted by Crippen LogP contribution is -2.02. The van der Waals surface area contributed by atoms with Gasteiger partial charge in [-0.15, -0.1) is 0 Å². The van der Waals surface area contributed by atoms with Crippen molar-refractivity contribution in [2.45, 2.75) is 18.9 Å². The fourth-order valence-corrected chi connectivity index (χ4v) is 2.65. The first-order chi connectivity index (χ1) is 8.79. The standard InChI is InChI=1S/C16H16O2/c1-18-13-9-8-12-7-6-11-4-2-3-5-14(11)16(17)15(12)10-13/h2-5,8-10,16-17H,6-7H2,1H3. The van der Waals surface area contributed by atoms with E-state index in [0.29, 0.717) is 0 Å². The quantitative estimate of drug-likeness (QED) is 0.830. The molecule has 0 saturated heterocycles. The van der Waals surface area contributed by atoms with Gasteiger partial charge >= 0.3 is 0 Å². The van der Waals surface area contributed by atoms with Gasteiger partial charge in [0, 0.05) is 0 Å². The van der Waals surface area contributed by atoms with Crippen molar-refractivity contribution in [2.24, 2.45) is 0 Å². The van der Waals surface area contributed by atoms with Crippen molar-refractivity contribution < 1.29 is 9.84 Å². The molecular weight excluding hydrogens is 224 g/mol. The lowest BCUT2D eigenvalue weighted by molar-refractivity contribution is 0.219. The molecule has 0 spiro atoms.